The Balaban J connectivity index is 3.81. The molecule has 0 saturated heterocycles. The summed E-state index contributed by atoms with van der Waals surface area (Å²) >= 11 is 0. The van der Waals surface area contributed by atoms with Crippen LogP contribution < -0.4 is 0 Å². The second kappa shape index (κ2) is 8.92. The van der Waals surface area contributed by atoms with Crippen LogP contribution in [0.3, 0.4) is 0 Å². The van der Waals surface area contributed by atoms with E-state index in [1.807, 2.05) is 0 Å². The average molecular weight is 198 g/mol. The number of rotatable bonds is 9. The van der Waals surface area contributed by atoms with E-state index in [4.69, 9.17) is 0 Å². The van der Waals surface area contributed by atoms with E-state index in [-0.39, 0.29) is 11.7 Å². The molecule has 0 bridgehead atoms. The summed E-state index contributed by atoms with van der Waals surface area (Å²) in [4.78, 5) is 22.0. The van der Waals surface area contributed by atoms with Gasteiger partial charge in [0.25, 0.3) is 0 Å². The molecular formula is C12H22O2. The van der Waals surface area contributed by atoms with Gasteiger partial charge in [0, 0.05) is 18.8 Å². The van der Waals surface area contributed by atoms with Crippen LogP contribution in [0.2, 0.25) is 0 Å². The van der Waals surface area contributed by atoms with E-state index in [2.05, 4.69) is 13.8 Å². The van der Waals surface area contributed by atoms with Gasteiger partial charge in [-0.25, -0.2) is 0 Å². The van der Waals surface area contributed by atoms with Crippen molar-refractivity contribution in [2.75, 3.05) is 0 Å². The maximum absolute atomic E-state index is 11.6. The monoisotopic (exact) mass is 198 g/mol. The van der Waals surface area contributed by atoms with Gasteiger partial charge in [-0.1, -0.05) is 33.1 Å². The third-order valence-electron chi connectivity index (χ3n) is 2.50. The molecule has 0 aromatic heterocycles. The minimum atomic E-state index is -0.00523. The van der Waals surface area contributed by atoms with Crippen molar-refractivity contribution in [3.63, 3.8) is 0 Å². The molecule has 0 N–H and O–H groups in total. The number of unbranched alkanes of at least 4 members (excludes halogenated alkanes) is 2. The van der Waals surface area contributed by atoms with E-state index < -0.39 is 0 Å². The van der Waals surface area contributed by atoms with Gasteiger partial charge in [-0.05, 0) is 12.8 Å². The lowest BCUT2D eigenvalue weighted by Crippen LogP contribution is -2.14. The van der Waals surface area contributed by atoms with Crippen LogP contribution in [-0.4, -0.2) is 12.1 Å². The Morgan fingerprint density at radius 2 is 1.93 bits per heavy atom. The predicted octanol–water partition coefficient (Wildman–Crippen LogP) is 3.14. The number of carbonyl (C=O) groups excluding carboxylic acids is 2. The second-order valence-corrected chi connectivity index (χ2v) is 3.81. The molecule has 0 spiro atoms. The predicted molar refractivity (Wildman–Crippen MR) is 58.2 cm³/mol. The number of hydrogen-bond donors (Lipinski definition) is 0. The molecule has 1 atom stereocenters. The summed E-state index contributed by atoms with van der Waals surface area (Å²) in [7, 11) is 0. The van der Waals surface area contributed by atoms with Crippen LogP contribution in [-0.2, 0) is 9.59 Å². The van der Waals surface area contributed by atoms with Crippen molar-refractivity contribution < 1.29 is 9.59 Å². The Morgan fingerprint density at radius 3 is 2.43 bits per heavy atom. The minimum Gasteiger partial charge on any atom is -0.303 e. The van der Waals surface area contributed by atoms with Gasteiger partial charge in [-0.15, -0.1) is 0 Å². The highest BCUT2D eigenvalue weighted by atomic mass is 16.1. The van der Waals surface area contributed by atoms with E-state index in [0.717, 1.165) is 38.4 Å². The van der Waals surface area contributed by atoms with Crippen molar-refractivity contribution >= 4 is 12.1 Å². The lowest BCUT2D eigenvalue weighted by molar-refractivity contribution is -0.125. The highest BCUT2D eigenvalue weighted by Crippen LogP contribution is 2.15. The standard InChI is InChI=1S/C12H22O2/c1-3-5-6-8-12(14)11(7-4-2)9-10-13/h10-11H,3-9H2,1-2H3. The fourth-order valence-electron chi connectivity index (χ4n) is 1.63. The van der Waals surface area contributed by atoms with Crippen LogP contribution in [0, 0.1) is 5.92 Å². The zero-order valence-electron chi connectivity index (χ0n) is 9.42. The van der Waals surface area contributed by atoms with Crippen LogP contribution in [0.25, 0.3) is 0 Å². The first-order valence-electron chi connectivity index (χ1n) is 5.72. The lowest BCUT2D eigenvalue weighted by atomic mass is 9.92. The highest BCUT2D eigenvalue weighted by Gasteiger charge is 2.15. The molecule has 0 aliphatic heterocycles. The second-order valence-electron chi connectivity index (χ2n) is 3.81. The van der Waals surface area contributed by atoms with Gasteiger partial charge in [-0.2, -0.15) is 0 Å². The highest BCUT2D eigenvalue weighted by molar-refractivity contribution is 5.82. The van der Waals surface area contributed by atoms with Gasteiger partial charge in [0.05, 0.1) is 0 Å². The molecule has 2 heteroatoms. The molecule has 0 amide bonds. The van der Waals surface area contributed by atoms with Gasteiger partial charge >= 0.3 is 0 Å². The van der Waals surface area contributed by atoms with Gasteiger partial charge in [0.15, 0.2) is 0 Å². The van der Waals surface area contributed by atoms with Crippen LogP contribution >= 0.6 is 0 Å². The number of hydrogen-bond acceptors (Lipinski definition) is 2. The molecule has 0 radical (unpaired) electrons. The Labute approximate surface area is 87.1 Å². The molecule has 0 heterocycles. The van der Waals surface area contributed by atoms with E-state index in [1.54, 1.807) is 0 Å². The van der Waals surface area contributed by atoms with Crippen molar-refractivity contribution in [3.8, 4) is 0 Å². The summed E-state index contributed by atoms with van der Waals surface area (Å²) in [6, 6.07) is 0. The quantitative estimate of drug-likeness (QED) is 0.421. The third-order valence-corrected chi connectivity index (χ3v) is 2.50. The molecule has 14 heavy (non-hydrogen) atoms. The third kappa shape index (κ3) is 5.90. The molecular weight excluding hydrogens is 176 g/mol. The molecule has 0 rings (SSSR count). The Kier molecular flexibility index (Phi) is 8.50. The summed E-state index contributed by atoms with van der Waals surface area (Å²) in [6.45, 7) is 4.18. The van der Waals surface area contributed by atoms with E-state index >= 15 is 0 Å². The topological polar surface area (TPSA) is 34.1 Å². The fraction of sp³-hybridized carbons (Fsp3) is 0.833. The minimum absolute atomic E-state index is 0.00523. The zero-order valence-corrected chi connectivity index (χ0v) is 9.42. The molecule has 0 fully saturated rings. The van der Waals surface area contributed by atoms with Crippen LogP contribution in [0.1, 0.15) is 58.8 Å². The molecule has 82 valence electrons. The number of aldehydes is 1. The van der Waals surface area contributed by atoms with Crippen LogP contribution in [0.5, 0.6) is 0 Å². The van der Waals surface area contributed by atoms with E-state index in [9.17, 15) is 9.59 Å². The van der Waals surface area contributed by atoms with Crippen LogP contribution in [0.4, 0.5) is 0 Å². The molecule has 0 aliphatic carbocycles. The Hall–Kier alpha value is -0.660. The molecule has 0 saturated carbocycles. The van der Waals surface area contributed by atoms with Gasteiger partial charge in [0.1, 0.15) is 12.1 Å². The Bertz CT molecular complexity index is 164. The van der Waals surface area contributed by atoms with Crippen molar-refractivity contribution in [3.05, 3.63) is 0 Å². The number of carbonyl (C=O) groups is 2. The maximum atomic E-state index is 11.6. The molecule has 0 aromatic carbocycles. The first-order valence-corrected chi connectivity index (χ1v) is 5.72. The number of Topliss-reactive ketones (excluding diaryl/α,β-unsaturated/α-hetero) is 1. The van der Waals surface area contributed by atoms with Crippen LogP contribution in [0.15, 0.2) is 0 Å². The van der Waals surface area contributed by atoms with Gasteiger partial charge in [-0.3, -0.25) is 4.79 Å². The maximum Gasteiger partial charge on any atom is 0.136 e. The molecule has 2 nitrogen and oxygen atoms in total. The van der Waals surface area contributed by atoms with Crippen molar-refractivity contribution in [1.82, 2.24) is 0 Å². The van der Waals surface area contributed by atoms with Crippen molar-refractivity contribution in [1.29, 1.82) is 0 Å². The normalized spacial score (nSPS) is 12.4. The SMILES string of the molecule is CCCCCC(=O)C(CC=O)CCC. The molecule has 1 unspecified atom stereocenters. The average Bonchev–Trinajstić information content (AvgIpc) is 2.18. The molecule has 0 aliphatic rings. The van der Waals surface area contributed by atoms with E-state index in [1.165, 1.54) is 0 Å². The van der Waals surface area contributed by atoms with Crippen molar-refractivity contribution in [2.45, 2.75) is 58.8 Å². The first kappa shape index (κ1) is 13.3. The van der Waals surface area contributed by atoms with Gasteiger partial charge in [0.2, 0.25) is 0 Å². The summed E-state index contributed by atoms with van der Waals surface area (Å²) in [5.41, 5.74) is 0. The largest absolute Gasteiger partial charge is 0.303 e. The molecule has 0 aromatic rings. The van der Waals surface area contributed by atoms with Crippen molar-refractivity contribution in [2.24, 2.45) is 5.92 Å². The summed E-state index contributed by atoms with van der Waals surface area (Å²) in [5, 5.41) is 0. The number of ketones is 1. The zero-order chi connectivity index (χ0) is 10.8. The summed E-state index contributed by atoms with van der Waals surface area (Å²) < 4.78 is 0. The fourth-order valence-corrected chi connectivity index (χ4v) is 1.63. The Morgan fingerprint density at radius 1 is 1.21 bits per heavy atom. The summed E-state index contributed by atoms with van der Waals surface area (Å²) in [5.74, 6) is 0.279. The lowest BCUT2D eigenvalue weighted by Gasteiger charge is -2.11. The smallest absolute Gasteiger partial charge is 0.136 e. The van der Waals surface area contributed by atoms with E-state index in [0.29, 0.717) is 12.8 Å². The summed E-state index contributed by atoms with van der Waals surface area (Å²) in [6.07, 6.45) is 7.03. The first-order chi connectivity index (χ1) is 6.76. The van der Waals surface area contributed by atoms with Gasteiger partial charge < -0.3 is 4.79 Å².